The molecule has 84 valence electrons. The summed E-state index contributed by atoms with van der Waals surface area (Å²) in [6, 6.07) is 3.78. The first kappa shape index (κ1) is 10.7. The minimum atomic E-state index is -0.899. The standard InChI is InChI=1S/C12H14N2O2/c1-7-2-3-9-8(4-5-13)6-14-11(9)10(7)12(15)16/h2-3,6,14H,4-5,13H2,1H3,(H,15,16). The van der Waals surface area contributed by atoms with Gasteiger partial charge in [0, 0.05) is 11.6 Å². The number of aromatic amines is 1. The maximum absolute atomic E-state index is 11.2. The Hall–Kier alpha value is -1.81. The van der Waals surface area contributed by atoms with E-state index in [1.807, 2.05) is 18.3 Å². The van der Waals surface area contributed by atoms with Gasteiger partial charge in [-0.25, -0.2) is 4.79 Å². The van der Waals surface area contributed by atoms with Crippen molar-refractivity contribution in [3.8, 4) is 0 Å². The van der Waals surface area contributed by atoms with Gasteiger partial charge in [-0.3, -0.25) is 0 Å². The number of carbonyl (C=O) groups is 1. The van der Waals surface area contributed by atoms with Gasteiger partial charge in [-0.2, -0.15) is 0 Å². The van der Waals surface area contributed by atoms with Crippen LogP contribution in [0.15, 0.2) is 18.3 Å². The average Bonchev–Trinajstić information content (AvgIpc) is 2.61. The minimum Gasteiger partial charge on any atom is -0.478 e. The van der Waals surface area contributed by atoms with Gasteiger partial charge in [0.25, 0.3) is 0 Å². The van der Waals surface area contributed by atoms with Crippen molar-refractivity contribution < 1.29 is 9.90 Å². The van der Waals surface area contributed by atoms with Gasteiger partial charge < -0.3 is 15.8 Å². The molecule has 0 amide bonds. The highest BCUT2D eigenvalue weighted by atomic mass is 16.4. The Morgan fingerprint density at radius 1 is 1.50 bits per heavy atom. The highest BCUT2D eigenvalue weighted by Crippen LogP contribution is 2.24. The number of hydrogen-bond donors (Lipinski definition) is 3. The number of fused-ring (bicyclic) bond motifs is 1. The Bertz CT molecular complexity index is 543. The summed E-state index contributed by atoms with van der Waals surface area (Å²) in [4.78, 5) is 14.2. The average molecular weight is 218 g/mol. The summed E-state index contributed by atoms with van der Waals surface area (Å²) in [7, 11) is 0. The SMILES string of the molecule is Cc1ccc2c(CCN)c[nH]c2c1C(=O)O. The number of aromatic carboxylic acids is 1. The van der Waals surface area contributed by atoms with Crippen molar-refractivity contribution in [2.45, 2.75) is 13.3 Å². The van der Waals surface area contributed by atoms with Crippen molar-refractivity contribution in [1.29, 1.82) is 0 Å². The number of carboxylic acids is 1. The van der Waals surface area contributed by atoms with E-state index in [1.54, 1.807) is 6.92 Å². The molecule has 0 aliphatic carbocycles. The zero-order chi connectivity index (χ0) is 11.7. The maximum Gasteiger partial charge on any atom is 0.338 e. The lowest BCUT2D eigenvalue weighted by Gasteiger charge is -2.03. The van der Waals surface area contributed by atoms with Crippen LogP contribution in [0.1, 0.15) is 21.5 Å². The third-order valence-corrected chi connectivity index (χ3v) is 2.78. The summed E-state index contributed by atoms with van der Waals surface area (Å²) >= 11 is 0. The monoisotopic (exact) mass is 218 g/mol. The Kier molecular flexibility index (Phi) is 2.66. The van der Waals surface area contributed by atoms with E-state index < -0.39 is 5.97 Å². The molecule has 0 saturated heterocycles. The van der Waals surface area contributed by atoms with Crippen molar-refractivity contribution in [1.82, 2.24) is 4.98 Å². The third kappa shape index (κ3) is 1.57. The zero-order valence-corrected chi connectivity index (χ0v) is 9.08. The van der Waals surface area contributed by atoms with E-state index in [4.69, 9.17) is 10.8 Å². The van der Waals surface area contributed by atoms with Crippen LogP contribution >= 0.6 is 0 Å². The highest BCUT2D eigenvalue weighted by molar-refractivity contribution is 6.04. The van der Waals surface area contributed by atoms with Crippen LogP contribution in [-0.4, -0.2) is 22.6 Å². The predicted molar refractivity (Wildman–Crippen MR) is 62.8 cm³/mol. The number of rotatable bonds is 3. The fourth-order valence-electron chi connectivity index (χ4n) is 2.00. The van der Waals surface area contributed by atoms with Crippen LogP contribution in [0.5, 0.6) is 0 Å². The van der Waals surface area contributed by atoms with Crippen LogP contribution in [0, 0.1) is 6.92 Å². The van der Waals surface area contributed by atoms with E-state index >= 15 is 0 Å². The first-order chi connectivity index (χ1) is 7.65. The van der Waals surface area contributed by atoms with E-state index in [2.05, 4.69) is 4.98 Å². The van der Waals surface area contributed by atoms with Crippen molar-refractivity contribution in [2.24, 2.45) is 5.73 Å². The summed E-state index contributed by atoms with van der Waals surface area (Å²) in [5.41, 5.74) is 8.38. The van der Waals surface area contributed by atoms with Gasteiger partial charge in [-0.1, -0.05) is 12.1 Å². The second kappa shape index (κ2) is 3.98. The second-order valence-corrected chi connectivity index (χ2v) is 3.84. The van der Waals surface area contributed by atoms with Crippen LogP contribution < -0.4 is 5.73 Å². The van der Waals surface area contributed by atoms with Crippen LogP contribution in [0.3, 0.4) is 0 Å². The normalized spacial score (nSPS) is 10.9. The molecule has 2 aromatic rings. The molecule has 1 aromatic carbocycles. The smallest absolute Gasteiger partial charge is 0.338 e. The van der Waals surface area contributed by atoms with Crippen LogP contribution in [0.4, 0.5) is 0 Å². The number of benzene rings is 1. The fourth-order valence-corrected chi connectivity index (χ4v) is 2.00. The number of nitrogens with two attached hydrogens (primary N) is 1. The second-order valence-electron chi connectivity index (χ2n) is 3.84. The molecule has 16 heavy (non-hydrogen) atoms. The van der Waals surface area contributed by atoms with E-state index in [1.165, 1.54) is 0 Å². The van der Waals surface area contributed by atoms with Gasteiger partial charge in [0.15, 0.2) is 0 Å². The molecule has 1 aromatic heterocycles. The van der Waals surface area contributed by atoms with Gasteiger partial charge in [-0.05, 0) is 31.0 Å². The van der Waals surface area contributed by atoms with Crippen molar-refractivity contribution >= 4 is 16.9 Å². The molecule has 0 bridgehead atoms. The van der Waals surface area contributed by atoms with Gasteiger partial charge in [0.2, 0.25) is 0 Å². The number of carboxylic acid groups (broad SMARTS) is 1. The van der Waals surface area contributed by atoms with E-state index in [9.17, 15) is 4.79 Å². The Morgan fingerprint density at radius 2 is 2.25 bits per heavy atom. The van der Waals surface area contributed by atoms with Crippen LogP contribution in [0.2, 0.25) is 0 Å². The molecule has 0 aliphatic heterocycles. The molecule has 1 heterocycles. The van der Waals surface area contributed by atoms with Gasteiger partial charge >= 0.3 is 5.97 Å². The largest absolute Gasteiger partial charge is 0.478 e. The lowest BCUT2D eigenvalue weighted by Crippen LogP contribution is -2.03. The molecule has 2 rings (SSSR count). The quantitative estimate of drug-likeness (QED) is 0.733. The van der Waals surface area contributed by atoms with E-state index in [-0.39, 0.29) is 0 Å². The van der Waals surface area contributed by atoms with Crippen LogP contribution in [-0.2, 0) is 6.42 Å². The Morgan fingerprint density at radius 3 is 2.88 bits per heavy atom. The molecule has 0 saturated carbocycles. The molecular formula is C12H14N2O2. The fraction of sp³-hybridized carbons (Fsp3) is 0.250. The Balaban J connectivity index is 2.70. The summed E-state index contributed by atoms with van der Waals surface area (Å²) in [5, 5.41) is 10.1. The van der Waals surface area contributed by atoms with Crippen molar-refractivity contribution in [2.75, 3.05) is 6.54 Å². The molecule has 0 radical (unpaired) electrons. The topological polar surface area (TPSA) is 79.1 Å². The zero-order valence-electron chi connectivity index (χ0n) is 9.08. The first-order valence-electron chi connectivity index (χ1n) is 5.18. The molecule has 4 N–H and O–H groups in total. The molecule has 4 heteroatoms. The Labute approximate surface area is 93.1 Å². The summed E-state index contributed by atoms with van der Waals surface area (Å²) in [5.74, 6) is -0.899. The summed E-state index contributed by atoms with van der Waals surface area (Å²) < 4.78 is 0. The highest BCUT2D eigenvalue weighted by Gasteiger charge is 2.14. The molecule has 0 atom stereocenters. The van der Waals surface area contributed by atoms with E-state index in [0.29, 0.717) is 17.6 Å². The van der Waals surface area contributed by atoms with Gasteiger partial charge in [0.05, 0.1) is 11.1 Å². The molecule has 0 spiro atoms. The third-order valence-electron chi connectivity index (χ3n) is 2.78. The minimum absolute atomic E-state index is 0.348. The van der Waals surface area contributed by atoms with Crippen molar-refractivity contribution in [3.63, 3.8) is 0 Å². The maximum atomic E-state index is 11.2. The number of nitrogens with one attached hydrogen (secondary N) is 1. The number of aryl methyl sites for hydroxylation is 1. The van der Waals surface area contributed by atoms with E-state index in [0.717, 1.165) is 22.9 Å². The summed E-state index contributed by atoms with van der Waals surface area (Å²) in [6.45, 7) is 2.36. The molecule has 0 unspecified atom stereocenters. The number of aromatic nitrogens is 1. The summed E-state index contributed by atoms with van der Waals surface area (Å²) in [6.07, 6.45) is 2.59. The lowest BCUT2D eigenvalue weighted by atomic mass is 10.0. The van der Waals surface area contributed by atoms with Gasteiger partial charge in [0.1, 0.15) is 0 Å². The molecular weight excluding hydrogens is 204 g/mol. The molecule has 0 aliphatic rings. The lowest BCUT2D eigenvalue weighted by molar-refractivity contribution is 0.0698. The van der Waals surface area contributed by atoms with Crippen molar-refractivity contribution in [3.05, 3.63) is 35.0 Å². The first-order valence-corrected chi connectivity index (χ1v) is 5.18. The predicted octanol–water partition coefficient (Wildman–Crippen LogP) is 1.68. The molecule has 0 fully saturated rings. The van der Waals surface area contributed by atoms with Gasteiger partial charge in [-0.15, -0.1) is 0 Å². The molecule has 4 nitrogen and oxygen atoms in total. The number of hydrogen-bond acceptors (Lipinski definition) is 2. The number of H-pyrrole nitrogens is 1. The van der Waals surface area contributed by atoms with Crippen LogP contribution in [0.25, 0.3) is 10.9 Å².